The highest BCUT2D eigenvalue weighted by atomic mass is 35.5. The fourth-order valence-corrected chi connectivity index (χ4v) is 2.24. The molecule has 2 aromatic carbocycles. The van der Waals surface area contributed by atoms with Crippen molar-refractivity contribution >= 4 is 23.2 Å². The van der Waals surface area contributed by atoms with Crippen LogP contribution in [0.5, 0.6) is 0 Å². The zero-order valence-electron chi connectivity index (χ0n) is 10.2. The van der Waals surface area contributed by atoms with Gasteiger partial charge in [-0.25, -0.2) is 0 Å². The first-order valence-electron chi connectivity index (χ1n) is 6.09. The third-order valence-corrected chi connectivity index (χ3v) is 3.67. The highest BCUT2D eigenvalue weighted by Crippen LogP contribution is 2.12. The number of benzene rings is 2. The number of hydrogen-bond acceptors (Lipinski definition) is 0. The first kappa shape index (κ1) is 16.1. The van der Waals surface area contributed by atoms with Crippen LogP contribution in [-0.2, 0) is 24.6 Å². The number of rotatable bonds is 5. The van der Waals surface area contributed by atoms with Gasteiger partial charge in [0.15, 0.2) is 0 Å². The summed E-state index contributed by atoms with van der Waals surface area (Å²) in [5, 5.41) is 0. The summed E-state index contributed by atoms with van der Waals surface area (Å²) in [6.45, 7) is 0. The van der Waals surface area contributed by atoms with Gasteiger partial charge in [0.25, 0.3) is 0 Å². The van der Waals surface area contributed by atoms with Gasteiger partial charge in [-0.1, -0.05) is 56.0 Å². The third kappa shape index (κ3) is 4.89. The van der Waals surface area contributed by atoms with Gasteiger partial charge < -0.3 is 0 Å². The maximum absolute atomic E-state index is 5.77. The van der Waals surface area contributed by atoms with Gasteiger partial charge in [-0.15, -0.1) is 23.2 Å². The standard InChI is InChI=1S/C16H16Cl2.CH4/c17-11-15-7-3-13(4-8-15)1-2-14-5-9-16(12-18)10-6-14;/h3-10H,1-2,11-12H2;1H4. The average Bonchev–Trinajstić information content (AvgIpc) is 2.46. The maximum Gasteiger partial charge on any atom is 0.0474 e. The smallest absolute Gasteiger partial charge is 0.0474 e. The lowest BCUT2D eigenvalue weighted by atomic mass is 10.0. The van der Waals surface area contributed by atoms with Gasteiger partial charge in [-0.05, 0) is 35.1 Å². The second-order valence-corrected chi connectivity index (χ2v) is 4.93. The summed E-state index contributed by atoms with van der Waals surface area (Å²) < 4.78 is 0. The summed E-state index contributed by atoms with van der Waals surface area (Å²) in [6, 6.07) is 17.0. The summed E-state index contributed by atoms with van der Waals surface area (Å²) >= 11 is 11.5. The Morgan fingerprint density at radius 3 is 1.05 bits per heavy atom. The topological polar surface area (TPSA) is 0 Å². The van der Waals surface area contributed by atoms with Crippen LogP contribution in [0.15, 0.2) is 48.5 Å². The molecule has 2 rings (SSSR count). The molecule has 19 heavy (non-hydrogen) atoms. The van der Waals surface area contributed by atoms with E-state index in [4.69, 9.17) is 23.2 Å². The van der Waals surface area contributed by atoms with Crippen LogP contribution < -0.4 is 0 Å². The minimum Gasteiger partial charge on any atom is -0.122 e. The highest BCUT2D eigenvalue weighted by Gasteiger charge is 1.97. The van der Waals surface area contributed by atoms with E-state index in [1.807, 2.05) is 0 Å². The summed E-state index contributed by atoms with van der Waals surface area (Å²) in [6.07, 6.45) is 2.12. The molecule has 2 heteroatoms. The van der Waals surface area contributed by atoms with Crippen molar-refractivity contribution in [3.63, 3.8) is 0 Å². The number of alkyl halides is 2. The van der Waals surface area contributed by atoms with Crippen LogP contribution in [0.3, 0.4) is 0 Å². The Bertz CT molecular complexity index is 424. The molecule has 0 unspecified atom stereocenters. The molecule has 102 valence electrons. The van der Waals surface area contributed by atoms with Crippen molar-refractivity contribution in [2.75, 3.05) is 0 Å². The molecular formula is C17H20Cl2. The molecule has 0 aliphatic rings. The molecule has 2 aromatic rings. The quantitative estimate of drug-likeness (QED) is 0.631. The van der Waals surface area contributed by atoms with Crippen LogP contribution in [0.2, 0.25) is 0 Å². The Morgan fingerprint density at radius 1 is 0.526 bits per heavy atom. The van der Waals surface area contributed by atoms with Crippen LogP contribution in [0.4, 0.5) is 0 Å². The van der Waals surface area contributed by atoms with Crippen molar-refractivity contribution in [3.05, 3.63) is 70.8 Å². The molecular weight excluding hydrogens is 275 g/mol. The molecule has 0 saturated heterocycles. The summed E-state index contributed by atoms with van der Waals surface area (Å²) in [7, 11) is 0. The number of hydrogen-bond donors (Lipinski definition) is 0. The predicted octanol–water partition coefficient (Wildman–Crippen LogP) is 5.59. The second-order valence-electron chi connectivity index (χ2n) is 4.40. The molecule has 0 radical (unpaired) electrons. The Hall–Kier alpha value is -0.980. The lowest BCUT2D eigenvalue weighted by molar-refractivity contribution is 0.958. The van der Waals surface area contributed by atoms with Crippen LogP contribution in [-0.4, -0.2) is 0 Å². The summed E-state index contributed by atoms with van der Waals surface area (Å²) in [5.41, 5.74) is 5.05. The van der Waals surface area contributed by atoms with Gasteiger partial charge in [0.05, 0.1) is 0 Å². The summed E-state index contributed by atoms with van der Waals surface area (Å²) in [5.74, 6) is 1.17. The van der Waals surface area contributed by atoms with Gasteiger partial charge in [0.1, 0.15) is 0 Å². The number of halogens is 2. The zero-order valence-corrected chi connectivity index (χ0v) is 11.7. The Morgan fingerprint density at radius 2 is 0.789 bits per heavy atom. The average molecular weight is 295 g/mol. The SMILES string of the molecule is C.ClCc1ccc(CCc2ccc(CCl)cc2)cc1. The van der Waals surface area contributed by atoms with Gasteiger partial charge >= 0.3 is 0 Å². The van der Waals surface area contributed by atoms with Crippen molar-refractivity contribution in [1.82, 2.24) is 0 Å². The van der Waals surface area contributed by atoms with E-state index in [-0.39, 0.29) is 7.43 Å². The van der Waals surface area contributed by atoms with Crippen molar-refractivity contribution in [3.8, 4) is 0 Å². The van der Waals surface area contributed by atoms with E-state index < -0.39 is 0 Å². The van der Waals surface area contributed by atoms with E-state index in [0.717, 1.165) is 12.8 Å². The van der Waals surface area contributed by atoms with Crippen molar-refractivity contribution in [2.45, 2.75) is 32.0 Å². The molecule has 0 aliphatic carbocycles. The van der Waals surface area contributed by atoms with Crippen molar-refractivity contribution in [2.24, 2.45) is 0 Å². The van der Waals surface area contributed by atoms with Crippen molar-refractivity contribution < 1.29 is 0 Å². The Kier molecular flexibility index (Phi) is 6.97. The molecule has 0 heterocycles. The predicted molar refractivity (Wildman–Crippen MR) is 86.1 cm³/mol. The monoisotopic (exact) mass is 294 g/mol. The van der Waals surface area contributed by atoms with E-state index in [0.29, 0.717) is 11.8 Å². The Labute approximate surface area is 126 Å². The van der Waals surface area contributed by atoms with E-state index in [9.17, 15) is 0 Å². The molecule has 0 nitrogen and oxygen atoms in total. The molecule has 0 aliphatic heterocycles. The highest BCUT2D eigenvalue weighted by molar-refractivity contribution is 6.17. The Balaban J connectivity index is 0.00000180. The van der Waals surface area contributed by atoms with Gasteiger partial charge in [-0.3, -0.25) is 0 Å². The maximum atomic E-state index is 5.77. The first-order chi connectivity index (χ1) is 8.81. The van der Waals surface area contributed by atoms with Gasteiger partial charge in [-0.2, -0.15) is 0 Å². The lowest BCUT2D eigenvalue weighted by Crippen LogP contribution is -1.92. The van der Waals surface area contributed by atoms with Gasteiger partial charge in [0, 0.05) is 11.8 Å². The minimum absolute atomic E-state index is 0. The van der Waals surface area contributed by atoms with E-state index in [1.165, 1.54) is 22.3 Å². The van der Waals surface area contributed by atoms with Crippen molar-refractivity contribution in [1.29, 1.82) is 0 Å². The van der Waals surface area contributed by atoms with Crippen LogP contribution in [0, 0.1) is 0 Å². The van der Waals surface area contributed by atoms with Crippen LogP contribution in [0.25, 0.3) is 0 Å². The molecule has 0 amide bonds. The van der Waals surface area contributed by atoms with E-state index >= 15 is 0 Å². The normalized spacial score (nSPS) is 10.0. The molecule has 0 atom stereocenters. The molecule has 0 fully saturated rings. The van der Waals surface area contributed by atoms with Crippen LogP contribution in [0.1, 0.15) is 29.7 Å². The zero-order chi connectivity index (χ0) is 12.8. The second kappa shape index (κ2) is 8.24. The number of aryl methyl sites for hydroxylation is 2. The van der Waals surface area contributed by atoms with Crippen LogP contribution >= 0.6 is 23.2 Å². The lowest BCUT2D eigenvalue weighted by Gasteiger charge is -2.04. The molecule has 0 saturated carbocycles. The molecule has 0 spiro atoms. The van der Waals surface area contributed by atoms with E-state index in [2.05, 4.69) is 48.5 Å². The molecule has 0 aromatic heterocycles. The minimum atomic E-state index is 0. The van der Waals surface area contributed by atoms with Gasteiger partial charge in [0.2, 0.25) is 0 Å². The molecule has 0 bridgehead atoms. The first-order valence-corrected chi connectivity index (χ1v) is 7.16. The summed E-state index contributed by atoms with van der Waals surface area (Å²) in [4.78, 5) is 0. The fraction of sp³-hybridized carbons (Fsp3) is 0.294. The largest absolute Gasteiger partial charge is 0.122 e. The van der Waals surface area contributed by atoms with E-state index in [1.54, 1.807) is 0 Å². The third-order valence-electron chi connectivity index (χ3n) is 3.06. The fourth-order valence-electron chi connectivity index (χ4n) is 1.88. The molecule has 0 N–H and O–H groups in total.